The predicted octanol–water partition coefficient (Wildman–Crippen LogP) is -1.02. The number of carbonyl (C=O) groups is 2. The summed E-state index contributed by atoms with van der Waals surface area (Å²) in [5, 5.41) is 5.73. The normalized spacial score (nSPS) is 28.4. The highest BCUT2D eigenvalue weighted by Gasteiger charge is 2.37. The van der Waals surface area contributed by atoms with Gasteiger partial charge in [0, 0.05) is 6.54 Å². The van der Waals surface area contributed by atoms with E-state index in [1.165, 1.54) is 0 Å². The SMILES string of the molecule is C[C@H](NC(=O)C1(C)CCNC1)C(N)=O. The Labute approximate surface area is 83.4 Å². The van der Waals surface area contributed by atoms with E-state index in [1.807, 2.05) is 6.92 Å². The Morgan fingerprint density at radius 2 is 2.21 bits per heavy atom. The zero-order chi connectivity index (χ0) is 10.8. The lowest BCUT2D eigenvalue weighted by Gasteiger charge is -2.23. The van der Waals surface area contributed by atoms with Gasteiger partial charge in [0.15, 0.2) is 0 Å². The molecule has 14 heavy (non-hydrogen) atoms. The average molecular weight is 199 g/mol. The molecular formula is C9H17N3O2. The first-order valence-electron chi connectivity index (χ1n) is 4.77. The summed E-state index contributed by atoms with van der Waals surface area (Å²) in [5.74, 6) is -0.610. The van der Waals surface area contributed by atoms with Crippen LogP contribution in [0.4, 0.5) is 0 Å². The van der Waals surface area contributed by atoms with Crippen molar-refractivity contribution >= 4 is 11.8 Å². The van der Waals surface area contributed by atoms with Gasteiger partial charge in [-0.3, -0.25) is 9.59 Å². The molecule has 4 N–H and O–H groups in total. The molecule has 0 aromatic rings. The van der Waals surface area contributed by atoms with Crippen LogP contribution < -0.4 is 16.4 Å². The second kappa shape index (κ2) is 3.96. The Kier molecular flexibility index (Phi) is 3.10. The van der Waals surface area contributed by atoms with Crippen LogP contribution in [0.25, 0.3) is 0 Å². The van der Waals surface area contributed by atoms with E-state index in [0.717, 1.165) is 13.0 Å². The fourth-order valence-corrected chi connectivity index (χ4v) is 1.45. The zero-order valence-electron chi connectivity index (χ0n) is 8.59. The summed E-state index contributed by atoms with van der Waals surface area (Å²) >= 11 is 0. The van der Waals surface area contributed by atoms with E-state index in [0.29, 0.717) is 6.54 Å². The average Bonchev–Trinajstić information content (AvgIpc) is 2.53. The molecule has 0 radical (unpaired) electrons. The van der Waals surface area contributed by atoms with Crippen molar-refractivity contribution in [3.8, 4) is 0 Å². The van der Waals surface area contributed by atoms with E-state index in [9.17, 15) is 9.59 Å². The van der Waals surface area contributed by atoms with E-state index < -0.39 is 17.4 Å². The molecule has 0 aromatic carbocycles. The minimum atomic E-state index is -0.597. The summed E-state index contributed by atoms with van der Waals surface area (Å²) in [6, 6.07) is -0.597. The van der Waals surface area contributed by atoms with Gasteiger partial charge in [0.1, 0.15) is 6.04 Å². The van der Waals surface area contributed by atoms with E-state index >= 15 is 0 Å². The van der Waals surface area contributed by atoms with Crippen LogP contribution >= 0.6 is 0 Å². The number of primary amides is 1. The second-order valence-corrected chi connectivity index (χ2v) is 4.08. The molecule has 1 unspecified atom stereocenters. The Bertz CT molecular complexity index is 246. The monoisotopic (exact) mass is 199 g/mol. The highest BCUT2D eigenvalue weighted by molar-refractivity contribution is 5.89. The van der Waals surface area contributed by atoms with Gasteiger partial charge in [-0.2, -0.15) is 0 Å². The van der Waals surface area contributed by atoms with Crippen LogP contribution in [0.5, 0.6) is 0 Å². The molecular weight excluding hydrogens is 182 g/mol. The molecule has 0 saturated carbocycles. The van der Waals surface area contributed by atoms with Crippen LogP contribution in [-0.4, -0.2) is 30.9 Å². The summed E-state index contributed by atoms with van der Waals surface area (Å²) in [5.41, 5.74) is 4.66. The summed E-state index contributed by atoms with van der Waals surface area (Å²) in [4.78, 5) is 22.5. The Morgan fingerprint density at radius 3 is 2.64 bits per heavy atom. The van der Waals surface area contributed by atoms with Crippen LogP contribution in [0.2, 0.25) is 0 Å². The molecule has 1 fully saturated rings. The number of nitrogens with one attached hydrogen (secondary N) is 2. The lowest BCUT2D eigenvalue weighted by molar-refractivity contribution is -0.132. The first kappa shape index (κ1) is 11.0. The van der Waals surface area contributed by atoms with Gasteiger partial charge >= 0.3 is 0 Å². The van der Waals surface area contributed by atoms with Crippen LogP contribution in [0, 0.1) is 5.41 Å². The molecule has 1 aliphatic rings. The summed E-state index contributed by atoms with van der Waals surface area (Å²) < 4.78 is 0. The number of amides is 2. The van der Waals surface area contributed by atoms with Crippen molar-refractivity contribution in [1.29, 1.82) is 0 Å². The van der Waals surface area contributed by atoms with Gasteiger partial charge in [-0.25, -0.2) is 0 Å². The predicted molar refractivity (Wildman–Crippen MR) is 52.4 cm³/mol. The molecule has 0 spiro atoms. The quantitative estimate of drug-likeness (QED) is 0.543. The Hall–Kier alpha value is -1.10. The molecule has 0 bridgehead atoms. The van der Waals surface area contributed by atoms with E-state index in [4.69, 9.17) is 5.73 Å². The fraction of sp³-hybridized carbons (Fsp3) is 0.778. The van der Waals surface area contributed by atoms with Crippen molar-refractivity contribution in [1.82, 2.24) is 10.6 Å². The lowest BCUT2D eigenvalue weighted by Crippen LogP contribution is -2.48. The van der Waals surface area contributed by atoms with Crippen molar-refractivity contribution < 1.29 is 9.59 Å². The van der Waals surface area contributed by atoms with Gasteiger partial charge in [-0.1, -0.05) is 0 Å². The zero-order valence-corrected chi connectivity index (χ0v) is 8.59. The van der Waals surface area contributed by atoms with Crippen molar-refractivity contribution in [2.24, 2.45) is 11.1 Å². The molecule has 5 heteroatoms. The fourth-order valence-electron chi connectivity index (χ4n) is 1.45. The largest absolute Gasteiger partial charge is 0.368 e. The molecule has 5 nitrogen and oxygen atoms in total. The van der Waals surface area contributed by atoms with E-state index in [-0.39, 0.29) is 5.91 Å². The second-order valence-electron chi connectivity index (χ2n) is 4.08. The van der Waals surface area contributed by atoms with Crippen molar-refractivity contribution in [3.05, 3.63) is 0 Å². The minimum absolute atomic E-state index is 0.103. The summed E-state index contributed by atoms with van der Waals surface area (Å²) in [7, 11) is 0. The van der Waals surface area contributed by atoms with Crippen LogP contribution in [0.1, 0.15) is 20.3 Å². The number of carbonyl (C=O) groups excluding carboxylic acids is 2. The smallest absolute Gasteiger partial charge is 0.239 e. The van der Waals surface area contributed by atoms with Crippen molar-refractivity contribution in [2.75, 3.05) is 13.1 Å². The van der Waals surface area contributed by atoms with Gasteiger partial charge < -0.3 is 16.4 Å². The minimum Gasteiger partial charge on any atom is -0.368 e. The standard InChI is InChI=1S/C9H17N3O2/c1-6(7(10)13)12-8(14)9(2)3-4-11-5-9/h6,11H,3-5H2,1-2H3,(H2,10,13)(H,12,14)/t6-,9?/m0/s1. The van der Waals surface area contributed by atoms with Gasteiger partial charge in [0.05, 0.1) is 5.41 Å². The third kappa shape index (κ3) is 2.23. The lowest BCUT2D eigenvalue weighted by atomic mass is 9.88. The molecule has 1 saturated heterocycles. The summed E-state index contributed by atoms with van der Waals surface area (Å²) in [6.07, 6.45) is 0.796. The Balaban J connectivity index is 2.53. The van der Waals surface area contributed by atoms with Crippen LogP contribution in [-0.2, 0) is 9.59 Å². The first-order chi connectivity index (χ1) is 6.46. The highest BCUT2D eigenvalue weighted by atomic mass is 16.2. The maximum atomic E-state index is 11.7. The number of rotatable bonds is 3. The number of hydrogen-bond acceptors (Lipinski definition) is 3. The molecule has 2 atom stereocenters. The van der Waals surface area contributed by atoms with Crippen LogP contribution in [0.15, 0.2) is 0 Å². The maximum absolute atomic E-state index is 11.7. The topological polar surface area (TPSA) is 84.2 Å². The molecule has 1 rings (SSSR count). The molecule has 0 aromatic heterocycles. The van der Waals surface area contributed by atoms with Gasteiger partial charge in [-0.15, -0.1) is 0 Å². The third-order valence-electron chi connectivity index (χ3n) is 2.69. The molecule has 0 aliphatic carbocycles. The molecule has 2 amide bonds. The molecule has 1 heterocycles. The van der Waals surface area contributed by atoms with E-state index in [2.05, 4.69) is 10.6 Å². The maximum Gasteiger partial charge on any atom is 0.239 e. The van der Waals surface area contributed by atoms with Crippen molar-refractivity contribution in [3.63, 3.8) is 0 Å². The van der Waals surface area contributed by atoms with Gasteiger partial charge in [0.2, 0.25) is 11.8 Å². The first-order valence-corrected chi connectivity index (χ1v) is 4.77. The number of nitrogens with two attached hydrogens (primary N) is 1. The third-order valence-corrected chi connectivity index (χ3v) is 2.69. The molecule has 80 valence electrons. The number of hydrogen-bond donors (Lipinski definition) is 3. The van der Waals surface area contributed by atoms with E-state index in [1.54, 1.807) is 6.92 Å². The van der Waals surface area contributed by atoms with Crippen LogP contribution in [0.3, 0.4) is 0 Å². The Morgan fingerprint density at radius 1 is 1.57 bits per heavy atom. The molecule has 1 aliphatic heterocycles. The highest BCUT2D eigenvalue weighted by Crippen LogP contribution is 2.24. The van der Waals surface area contributed by atoms with Crippen molar-refractivity contribution in [2.45, 2.75) is 26.3 Å². The van der Waals surface area contributed by atoms with Gasteiger partial charge in [0.25, 0.3) is 0 Å². The van der Waals surface area contributed by atoms with Gasteiger partial charge in [-0.05, 0) is 26.8 Å². The summed E-state index contributed by atoms with van der Waals surface area (Å²) in [6.45, 7) is 4.97.